The number of thioether (sulfide) groups is 1. The third kappa shape index (κ3) is 3.21. The second kappa shape index (κ2) is 6.69. The monoisotopic (exact) mass is 358 g/mol. The van der Waals surface area contributed by atoms with Gasteiger partial charge in [-0.05, 0) is 30.5 Å². The Kier molecular flexibility index (Phi) is 4.85. The minimum absolute atomic E-state index is 0.00591. The summed E-state index contributed by atoms with van der Waals surface area (Å²) in [4.78, 5) is 27.9. The third-order valence-corrected chi connectivity index (χ3v) is 5.96. The largest absolute Gasteiger partial charge is 0.341 e. The Morgan fingerprint density at radius 1 is 1.23 bits per heavy atom. The first-order chi connectivity index (χ1) is 10.6. The number of rotatable bonds is 3. The Morgan fingerprint density at radius 2 is 1.95 bits per heavy atom. The Labute approximate surface area is 143 Å². The summed E-state index contributed by atoms with van der Waals surface area (Å²) in [6.07, 6.45) is 2.09. The van der Waals surface area contributed by atoms with Gasteiger partial charge < -0.3 is 9.80 Å². The predicted octanol–water partition coefficient (Wildman–Crippen LogP) is 3.19. The van der Waals surface area contributed by atoms with Gasteiger partial charge in [0.2, 0.25) is 11.8 Å². The molecule has 1 aromatic rings. The number of hydrogen-bond acceptors (Lipinski definition) is 3. The summed E-state index contributed by atoms with van der Waals surface area (Å²) >= 11 is 13.5. The predicted molar refractivity (Wildman–Crippen MR) is 89.2 cm³/mol. The van der Waals surface area contributed by atoms with E-state index in [4.69, 9.17) is 23.2 Å². The van der Waals surface area contributed by atoms with E-state index in [2.05, 4.69) is 0 Å². The summed E-state index contributed by atoms with van der Waals surface area (Å²) < 4.78 is 0. The molecule has 1 atom stereocenters. The lowest BCUT2D eigenvalue weighted by atomic mass is 10.2. The Morgan fingerprint density at radius 3 is 2.64 bits per heavy atom. The van der Waals surface area contributed by atoms with Crippen LogP contribution < -0.4 is 0 Å². The highest BCUT2D eigenvalue weighted by Gasteiger charge is 2.35. The third-order valence-electron chi connectivity index (χ3n) is 3.96. The molecule has 1 unspecified atom stereocenters. The van der Waals surface area contributed by atoms with Crippen LogP contribution in [0.2, 0.25) is 10.0 Å². The van der Waals surface area contributed by atoms with Crippen molar-refractivity contribution in [2.45, 2.75) is 18.2 Å². The fourth-order valence-corrected chi connectivity index (χ4v) is 4.26. The number of benzene rings is 1. The zero-order valence-corrected chi connectivity index (χ0v) is 14.3. The minimum Gasteiger partial charge on any atom is -0.341 e. The molecule has 2 aliphatic rings. The molecular weight excluding hydrogens is 343 g/mol. The van der Waals surface area contributed by atoms with Crippen LogP contribution in [0, 0.1) is 0 Å². The quantitative estimate of drug-likeness (QED) is 0.832. The van der Waals surface area contributed by atoms with Gasteiger partial charge in [-0.2, -0.15) is 0 Å². The van der Waals surface area contributed by atoms with Crippen LogP contribution in [0.3, 0.4) is 0 Å². The van der Waals surface area contributed by atoms with Crippen molar-refractivity contribution in [3.05, 3.63) is 33.8 Å². The molecule has 0 N–H and O–H groups in total. The second-order valence-corrected chi connectivity index (χ2v) is 7.33. The van der Waals surface area contributed by atoms with Crippen LogP contribution in [0.4, 0.5) is 0 Å². The Bertz CT molecular complexity index is 605. The van der Waals surface area contributed by atoms with Crippen LogP contribution in [0.5, 0.6) is 0 Å². The van der Waals surface area contributed by atoms with Crippen LogP contribution in [0.1, 0.15) is 23.8 Å². The van der Waals surface area contributed by atoms with Crippen LogP contribution in [0.15, 0.2) is 18.2 Å². The van der Waals surface area contributed by atoms with Crippen molar-refractivity contribution in [1.29, 1.82) is 0 Å². The number of likely N-dealkylation sites (tertiary alicyclic amines) is 1. The van der Waals surface area contributed by atoms with Crippen molar-refractivity contribution in [3.8, 4) is 0 Å². The van der Waals surface area contributed by atoms with E-state index < -0.39 is 0 Å². The van der Waals surface area contributed by atoms with E-state index in [1.165, 1.54) is 11.8 Å². The van der Waals surface area contributed by atoms with E-state index in [0.717, 1.165) is 31.5 Å². The van der Waals surface area contributed by atoms with Gasteiger partial charge in [0.1, 0.15) is 11.9 Å². The fourth-order valence-electron chi connectivity index (χ4n) is 2.78. The van der Waals surface area contributed by atoms with Gasteiger partial charge in [-0.15, -0.1) is 11.8 Å². The molecule has 2 saturated heterocycles. The molecule has 2 heterocycles. The van der Waals surface area contributed by atoms with Crippen molar-refractivity contribution < 1.29 is 9.59 Å². The highest BCUT2D eigenvalue weighted by atomic mass is 35.5. The van der Waals surface area contributed by atoms with Gasteiger partial charge in [0, 0.05) is 13.1 Å². The van der Waals surface area contributed by atoms with Crippen LogP contribution in [0.25, 0.3) is 0 Å². The number of hydrogen-bond donors (Lipinski definition) is 0. The molecule has 3 rings (SSSR count). The zero-order valence-electron chi connectivity index (χ0n) is 11.9. The summed E-state index contributed by atoms with van der Waals surface area (Å²) in [5.74, 6) is 0.407. The molecule has 2 aliphatic heterocycles. The van der Waals surface area contributed by atoms with Gasteiger partial charge in [-0.25, -0.2) is 0 Å². The molecule has 22 heavy (non-hydrogen) atoms. The lowest BCUT2D eigenvalue weighted by molar-refractivity contribution is -0.138. The van der Waals surface area contributed by atoms with Gasteiger partial charge >= 0.3 is 0 Å². The molecule has 0 saturated carbocycles. The van der Waals surface area contributed by atoms with Gasteiger partial charge in [0.15, 0.2) is 0 Å². The summed E-state index contributed by atoms with van der Waals surface area (Å²) in [5.41, 5.74) is 0.902. The SMILES string of the molecule is O=C(CN1C(=O)CSC1c1ccc(Cl)c(Cl)c1)N1CCCC1. The van der Waals surface area contributed by atoms with E-state index in [1.807, 2.05) is 11.0 Å². The van der Waals surface area contributed by atoms with E-state index in [-0.39, 0.29) is 23.7 Å². The smallest absolute Gasteiger partial charge is 0.242 e. The average molecular weight is 359 g/mol. The standard InChI is InChI=1S/C15H16Cl2N2O2S/c16-11-4-3-10(7-12(11)17)15-19(14(21)9-22-15)8-13(20)18-5-1-2-6-18/h3-4,7,15H,1-2,5-6,8-9H2. The van der Waals surface area contributed by atoms with Crippen molar-refractivity contribution in [2.75, 3.05) is 25.4 Å². The number of amides is 2. The maximum absolute atomic E-state index is 12.3. The van der Waals surface area contributed by atoms with Crippen LogP contribution in [-0.2, 0) is 9.59 Å². The molecule has 0 bridgehead atoms. The number of nitrogens with zero attached hydrogens (tertiary/aromatic N) is 2. The van der Waals surface area contributed by atoms with Gasteiger partial charge in [0.25, 0.3) is 0 Å². The van der Waals surface area contributed by atoms with Crippen LogP contribution >= 0.6 is 35.0 Å². The maximum atomic E-state index is 12.3. The van der Waals surface area contributed by atoms with Crippen molar-refractivity contribution in [3.63, 3.8) is 0 Å². The zero-order chi connectivity index (χ0) is 15.7. The molecule has 0 aromatic heterocycles. The minimum atomic E-state index is -0.172. The lowest BCUT2D eigenvalue weighted by Gasteiger charge is -2.26. The summed E-state index contributed by atoms with van der Waals surface area (Å²) in [6, 6.07) is 5.36. The van der Waals surface area contributed by atoms with E-state index >= 15 is 0 Å². The van der Waals surface area contributed by atoms with Gasteiger partial charge in [-0.1, -0.05) is 29.3 Å². The average Bonchev–Trinajstić information content (AvgIpc) is 3.13. The molecule has 0 aliphatic carbocycles. The molecule has 1 aromatic carbocycles. The topological polar surface area (TPSA) is 40.6 Å². The van der Waals surface area contributed by atoms with Crippen molar-refractivity contribution >= 4 is 46.8 Å². The Hall–Kier alpha value is -0.910. The number of halogens is 2. The highest BCUT2D eigenvalue weighted by molar-refractivity contribution is 8.00. The number of carbonyl (C=O) groups excluding carboxylic acids is 2. The molecule has 0 radical (unpaired) electrons. The lowest BCUT2D eigenvalue weighted by Crippen LogP contribution is -2.40. The summed E-state index contributed by atoms with van der Waals surface area (Å²) in [5, 5.41) is 0.776. The molecule has 4 nitrogen and oxygen atoms in total. The van der Waals surface area contributed by atoms with Gasteiger partial charge in [-0.3, -0.25) is 9.59 Å². The van der Waals surface area contributed by atoms with Crippen molar-refractivity contribution in [1.82, 2.24) is 9.80 Å². The Balaban J connectivity index is 1.76. The molecule has 2 fully saturated rings. The first-order valence-corrected chi connectivity index (χ1v) is 9.00. The molecule has 2 amide bonds. The molecule has 7 heteroatoms. The second-order valence-electron chi connectivity index (χ2n) is 5.45. The van der Waals surface area contributed by atoms with E-state index in [1.54, 1.807) is 17.0 Å². The highest BCUT2D eigenvalue weighted by Crippen LogP contribution is 2.40. The summed E-state index contributed by atoms with van der Waals surface area (Å²) in [6.45, 7) is 1.73. The molecule has 118 valence electrons. The molecular formula is C15H16Cl2N2O2S. The van der Waals surface area contributed by atoms with Crippen molar-refractivity contribution in [2.24, 2.45) is 0 Å². The first-order valence-electron chi connectivity index (χ1n) is 7.20. The van der Waals surface area contributed by atoms with Crippen LogP contribution in [-0.4, -0.2) is 47.0 Å². The number of carbonyl (C=O) groups is 2. The summed E-state index contributed by atoms with van der Waals surface area (Å²) in [7, 11) is 0. The molecule has 0 spiro atoms. The van der Waals surface area contributed by atoms with E-state index in [0.29, 0.717) is 15.8 Å². The fraction of sp³-hybridized carbons (Fsp3) is 0.467. The van der Waals surface area contributed by atoms with E-state index in [9.17, 15) is 9.59 Å². The normalized spacial score (nSPS) is 21.7. The van der Waals surface area contributed by atoms with Gasteiger partial charge in [0.05, 0.1) is 15.8 Å². The first kappa shape index (κ1) is 16.0. The maximum Gasteiger partial charge on any atom is 0.242 e.